The van der Waals surface area contributed by atoms with Gasteiger partial charge in [0.1, 0.15) is 6.04 Å². The lowest BCUT2D eigenvalue weighted by Gasteiger charge is -2.39. The molecule has 0 spiro atoms. The van der Waals surface area contributed by atoms with E-state index in [4.69, 9.17) is 4.74 Å². The van der Waals surface area contributed by atoms with Gasteiger partial charge in [-0.3, -0.25) is 4.79 Å². The summed E-state index contributed by atoms with van der Waals surface area (Å²) in [5, 5.41) is 19.8. The number of carbonyl (C=O) groups excluding carboxylic acids is 1. The molecule has 2 heterocycles. The second kappa shape index (κ2) is 7.67. The molecule has 0 aromatic heterocycles. The van der Waals surface area contributed by atoms with Gasteiger partial charge in [0.15, 0.2) is 11.8 Å². The van der Waals surface area contributed by atoms with Crippen molar-refractivity contribution in [1.82, 2.24) is 4.71 Å². The summed E-state index contributed by atoms with van der Waals surface area (Å²) < 4.78 is 20.7. The van der Waals surface area contributed by atoms with Gasteiger partial charge in [-0.1, -0.05) is 18.0 Å². The van der Waals surface area contributed by atoms with Gasteiger partial charge >= 0.3 is 5.97 Å². The molecular formula is C22H28FN2O5+. The smallest absolute Gasteiger partial charge is 0.345 e. The molecule has 1 aromatic rings. The lowest BCUT2D eigenvalue weighted by Crippen LogP contribution is -2.45. The van der Waals surface area contributed by atoms with Crippen LogP contribution in [0, 0.1) is 5.92 Å². The summed E-state index contributed by atoms with van der Waals surface area (Å²) in [6.07, 6.45) is 4.22. The number of ether oxygens (including phenoxy) is 1. The number of methoxy groups -OCH3 is 1. The van der Waals surface area contributed by atoms with Crippen molar-refractivity contribution >= 4 is 23.1 Å². The van der Waals surface area contributed by atoms with Gasteiger partial charge in [-0.05, 0) is 25.0 Å². The molecule has 3 aliphatic rings. The Hall–Kier alpha value is -2.45. The Labute approximate surface area is 174 Å². The summed E-state index contributed by atoms with van der Waals surface area (Å²) in [5.74, 6) is -1.76. The molecular weight excluding hydrogens is 391 g/mol. The maximum atomic E-state index is 16.3. The number of hydrogen-bond acceptors (Lipinski definition) is 5. The van der Waals surface area contributed by atoms with E-state index in [1.165, 1.54) is 13.2 Å². The lowest BCUT2D eigenvalue weighted by molar-refractivity contribution is -0.132. The van der Waals surface area contributed by atoms with Gasteiger partial charge in [0.2, 0.25) is 17.2 Å². The van der Waals surface area contributed by atoms with Crippen LogP contribution in [0.5, 0.6) is 5.75 Å². The van der Waals surface area contributed by atoms with Crippen LogP contribution in [0.4, 0.5) is 15.9 Å². The van der Waals surface area contributed by atoms with Crippen molar-refractivity contribution in [3.8, 4) is 5.75 Å². The van der Waals surface area contributed by atoms with Gasteiger partial charge in [0.05, 0.1) is 24.5 Å². The van der Waals surface area contributed by atoms with E-state index in [1.54, 1.807) is 6.07 Å². The van der Waals surface area contributed by atoms with Crippen LogP contribution in [-0.4, -0.2) is 54.3 Å². The molecule has 0 amide bonds. The van der Waals surface area contributed by atoms with Gasteiger partial charge in [-0.25, -0.2) is 4.79 Å². The van der Waals surface area contributed by atoms with Crippen LogP contribution in [0.25, 0.3) is 0 Å². The number of benzene rings is 1. The number of carboxylic acid groups (broad SMARTS) is 1. The van der Waals surface area contributed by atoms with E-state index < -0.39 is 28.1 Å². The number of ketones is 1. The number of nitrogens with zero attached hydrogens (tertiary/aromatic N) is 2. The highest BCUT2D eigenvalue weighted by atomic mass is 19.2. The highest BCUT2D eigenvalue weighted by Gasteiger charge is 2.56. The maximum absolute atomic E-state index is 16.3. The normalized spacial score (nSPS) is 28.7. The summed E-state index contributed by atoms with van der Waals surface area (Å²) in [7, 11) is 1.44. The number of aliphatic hydroxyl groups excluding tert-OH is 1. The number of piperidine rings is 1. The highest BCUT2D eigenvalue weighted by molar-refractivity contribution is 6.27. The minimum atomic E-state index is -1.43. The fourth-order valence-electron chi connectivity index (χ4n) is 4.77. The monoisotopic (exact) mass is 419 g/mol. The molecule has 2 aliphatic heterocycles. The Kier molecular flexibility index (Phi) is 5.32. The van der Waals surface area contributed by atoms with E-state index in [9.17, 15) is 19.8 Å². The molecule has 0 radical (unpaired) electrons. The number of halogens is 1. The van der Waals surface area contributed by atoms with Crippen molar-refractivity contribution in [3.05, 3.63) is 29.5 Å². The molecule has 3 unspecified atom stereocenters. The van der Waals surface area contributed by atoms with Crippen LogP contribution in [0.3, 0.4) is 0 Å². The molecule has 0 bridgehead atoms. The molecule has 30 heavy (non-hydrogen) atoms. The van der Waals surface area contributed by atoms with E-state index in [1.807, 2.05) is 0 Å². The number of aliphatic hydroxyl groups is 1. The zero-order valence-electron chi connectivity index (χ0n) is 17.3. The average Bonchev–Trinajstić information content (AvgIpc) is 3.57. The molecule has 2 fully saturated rings. The third-order valence-corrected chi connectivity index (χ3v) is 6.47. The Bertz CT molecular complexity index is 913. The number of fused-ring (bicyclic) bond motifs is 1. The summed E-state index contributed by atoms with van der Waals surface area (Å²) in [4.78, 5) is 26.4. The summed E-state index contributed by atoms with van der Waals surface area (Å²) in [6.45, 7) is 3.29. The second-order valence-corrected chi connectivity index (χ2v) is 8.46. The van der Waals surface area contributed by atoms with Crippen molar-refractivity contribution in [2.24, 2.45) is 5.92 Å². The molecule has 7 nitrogen and oxygen atoms in total. The fourth-order valence-corrected chi connectivity index (χ4v) is 4.77. The van der Waals surface area contributed by atoms with Crippen molar-refractivity contribution in [2.45, 2.75) is 51.2 Å². The molecule has 1 aromatic carbocycles. The van der Waals surface area contributed by atoms with Gasteiger partial charge in [0, 0.05) is 36.3 Å². The van der Waals surface area contributed by atoms with Crippen molar-refractivity contribution < 1.29 is 29.0 Å². The summed E-state index contributed by atoms with van der Waals surface area (Å²) in [5.41, 5.74) is 0.249. The first-order valence-electron chi connectivity index (χ1n) is 10.5. The molecule has 1 aliphatic carbocycles. The van der Waals surface area contributed by atoms with E-state index in [-0.39, 0.29) is 29.0 Å². The fraction of sp³-hybridized carbons (Fsp3) is 0.545. The standard InChI is InChI=1S/C22H27FN2O5/c1-3-4-13-11-24(10-9-18(13)26)17-8-7-15-19(21(17)30-2)25(23,14-5-6-14)12-16(20(15)27)22(28)29/h7-8,12-14,18,26H,3-6,9-11H2,1-2H3/p+1. The Morgan fingerprint density at radius 3 is 2.67 bits per heavy atom. The molecule has 8 heteroatoms. The largest absolute Gasteiger partial charge is 0.489 e. The maximum Gasteiger partial charge on any atom is 0.345 e. The molecule has 4 rings (SSSR count). The SMILES string of the molecule is CCCC1CN(c2ccc3c(c2OC)[N+](F)(C2CC2)C=C(C(=O)O)C3=O)CCC1O. The van der Waals surface area contributed by atoms with Crippen molar-refractivity contribution in [2.75, 3.05) is 25.1 Å². The summed E-state index contributed by atoms with van der Waals surface area (Å²) >= 11 is 0. The van der Waals surface area contributed by atoms with Gasteiger partial charge in [0.25, 0.3) is 0 Å². The van der Waals surface area contributed by atoms with E-state index in [0.717, 1.165) is 19.0 Å². The predicted molar refractivity (Wildman–Crippen MR) is 110 cm³/mol. The number of rotatable bonds is 6. The van der Waals surface area contributed by atoms with Crippen LogP contribution in [0.2, 0.25) is 0 Å². The zero-order chi connectivity index (χ0) is 21.6. The van der Waals surface area contributed by atoms with Gasteiger partial charge < -0.3 is 19.8 Å². The Morgan fingerprint density at radius 1 is 1.33 bits per heavy atom. The average molecular weight is 419 g/mol. The molecule has 3 atom stereocenters. The number of hydrogen-bond donors (Lipinski definition) is 2. The number of Topliss-reactive ketones (excluding diaryl/α,β-unsaturated/α-hetero) is 1. The summed E-state index contributed by atoms with van der Waals surface area (Å²) in [6, 6.07) is 2.80. The van der Waals surface area contributed by atoms with E-state index >= 15 is 4.48 Å². The first-order valence-corrected chi connectivity index (χ1v) is 10.5. The number of quaternary nitrogens is 1. The van der Waals surface area contributed by atoms with Crippen LogP contribution in [-0.2, 0) is 4.79 Å². The van der Waals surface area contributed by atoms with Crippen LogP contribution in [0.1, 0.15) is 49.4 Å². The minimum Gasteiger partial charge on any atom is -0.489 e. The van der Waals surface area contributed by atoms with Crippen LogP contribution in [0.15, 0.2) is 23.9 Å². The first-order chi connectivity index (χ1) is 14.3. The van der Waals surface area contributed by atoms with Gasteiger partial charge in [-0.15, -0.1) is 0 Å². The Morgan fingerprint density at radius 2 is 2.07 bits per heavy atom. The van der Waals surface area contributed by atoms with E-state index in [0.29, 0.717) is 38.0 Å². The number of aliphatic carboxylic acids is 1. The quantitative estimate of drug-likeness (QED) is 0.544. The molecule has 2 N–H and O–H groups in total. The number of carbonyl (C=O) groups is 2. The molecule has 1 saturated carbocycles. The predicted octanol–water partition coefficient (Wildman–Crippen LogP) is 3.20. The van der Waals surface area contributed by atoms with E-state index in [2.05, 4.69) is 11.8 Å². The third-order valence-electron chi connectivity index (χ3n) is 6.47. The highest BCUT2D eigenvalue weighted by Crippen LogP contribution is 2.53. The van der Waals surface area contributed by atoms with Crippen LogP contribution >= 0.6 is 0 Å². The lowest BCUT2D eigenvalue weighted by atomic mass is 9.90. The number of carboxylic acids is 1. The number of anilines is 1. The van der Waals surface area contributed by atoms with Gasteiger partial charge in [-0.2, -0.15) is 0 Å². The topological polar surface area (TPSA) is 87.1 Å². The first kappa shape index (κ1) is 20.8. The third kappa shape index (κ3) is 3.28. The van der Waals surface area contributed by atoms with Crippen LogP contribution < -0.4 is 14.3 Å². The van der Waals surface area contributed by atoms with Crippen molar-refractivity contribution in [1.29, 1.82) is 0 Å². The molecule has 1 saturated heterocycles. The second-order valence-electron chi connectivity index (χ2n) is 8.46. The zero-order valence-corrected chi connectivity index (χ0v) is 17.3. The molecule has 162 valence electrons. The Balaban J connectivity index is 1.82. The van der Waals surface area contributed by atoms with Crippen molar-refractivity contribution in [3.63, 3.8) is 0 Å². The minimum absolute atomic E-state index is 0.0343.